The monoisotopic (exact) mass is 712 g/mol. The maximum absolute atomic E-state index is 13.5. The summed E-state index contributed by atoms with van der Waals surface area (Å²) in [4.78, 5) is 90.0. The molecule has 0 fully saturated rings. The SMILES string of the molecule is CC1=C(CC(C2=C(C)C(N=Nc3ccc4c(C)cc(=O)[nH]c4c3)C(=O)NC2=O)c2ncc[nH]2)C(=O)NC(=O)C1N=Nc1ccc2c(C)cc(=O)[nH]c2c1. The summed E-state index contributed by atoms with van der Waals surface area (Å²) < 4.78 is 0. The topological polar surface area (TPSA) is 236 Å². The number of amides is 4. The maximum atomic E-state index is 13.5. The maximum Gasteiger partial charge on any atom is 0.257 e. The molecule has 2 aliphatic rings. The Morgan fingerprint density at radius 3 is 1.74 bits per heavy atom. The van der Waals surface area contributed by atoms with Crippen molar-refractivity contribution in [3.8, 4) is 0 Å². The molecule has 7 rings (SSSR count). The number of azo groups is 2. The highest BCUT2D eigenvalue weighted by atomic mass is 16.2. The number of aromatic nitrogens is 4. The molecule has 4 amide bonds. The number of carbonyl (C=O) groups is 4. The van der Waals surface area contributed by atoms with E-state index in [9.17, 15) is 28.8 Å². The zero-order valence-corrected chi connectivity index (χ0v) is 28.9. The van der Waals surface area contributed by atoms with Gasteiger partial charge in [0.1, 0.15) is 5.82 Å². The Morgan fingerprint density at radius 2 is 1.21 bits per heavy atom. The average Bonchev–Trinajstić information content (AvgIpc) is 3.63. The second kappa shape index (κ2) is 13.6. The number of nitrogens with zero attached hydrogens (tertiary/aromatic N) is 5. The van der Waals surface area contributed by atoms with Crippen LogP contribution in [0.3, 0.4) is 0 Å². The molecular weight excluding hydrogens is 680 g/mol. The Balaban J connectivity index is 1.23. The summed E-state index contributed by atoms with van der Waals surface area (Å²) in [7, 11) is 0. The van der Waals surface area contributed by atoms with Crippen LogP contribution in [0.15, 0.2) is 113 Å². The third-order valence-corrected chi connectivity index (χ3v) is 9.46. The van der Waals surface area contributed by atoms with Gasteiger partial charge in [0, 0.05) is 46.4 Å². The molecule has 266 valence electrons. The number of fused-ring (bicyclic) bond motifs is 2. The summed E-state index contributed by atoms with van der Waals surface area (Å²) in [5.41, 5.74) is 3.83. The van der Waals surface area contributed by atoms with E-state index in [4.69, 9.17) is 0 Å². The molecule has 3 aromatic heterocycles. The molecule has 0 radical (unpaired) electrons. The van der Waals surface area contributed by atoms with E-state index in [1.807, 2.05) is 13.8 Å². The van der Waals surface area contributed by atoms with Crippen LogP contribution in [0.1, 0.15) is 43.1 Å². The minimum Gasteiger partial charge on any atom is -0.348 e. The lowest BCUT2D eigenvalue weighted by atomic mass is 9.81. The molecule has 3 atom stereocenters. The van der Waals surface area contributed by atoms with Gasteiger partial charge in [-0.2, -0.15) is 20.5 Å². The number of hydrogen-bond acceptors (Lipinski definition) is 11. The molecule has 2 aromatic carbocycles. The predicted octanol–water partition coefficient (Wildman–Crippen LogP) is 4.43. The number of aryl methyl sites for hydroxylation is 2. The van der Waals surface area contributed by atoms with Crippen LogP contribution >= 0.6 is 0 Å². The van der Waals surface area contributed by atoms with Crippen LogP contribution < -0.4 is 21.8 Å². The molecule has 16 heteroatoms. The Labute approximate surface area is 299 Å². The van der Waals surface area contributed by atoms with Gasteiger partial charge in [0.15, 0.2) is 12.1 Å². The van der Waals surface area contributed by atoms with Crippen LogP contribution in [0, 0.1) is 13.8 Å². The van der Waals surface area contributed by atoms with Gasteiger partial charge in [0.25, 0.3) is 23.6 Å². The minimum absolute atomic E-state index is 0.101. The standard InChI is InChI=1S/C37H32N10O6/c1-16-11-28(48)40-26-13-20(5-7-22(16)26)44-46-31-18(3)24(34(50)42-36(31)52)15-25(33-38-9-10-39-33)30-19(4)32(37(53)43-35(30)51)47-45-21-6-8-23-17(2)12-29(49)41-27(23)14-21/h5-14,25,31-32H,15H2,1-4H3,(H,38,39)(H,40,48)(H,41,49)(H,42,50,52)(H,43,51,53). The van der Waals surface area contributed by atoms with Crippen molar-refractivity contribution in [2.24, 2.45) is 20.5 Å². The average molecular weight is 713 g/mol. The number of hydrogen-bond donors (Lipinski definition) is 5. The Morgan fingerprint density at radius 1 is 0.679 bits per heavy atom. The lowest BCUT2D eigenvalue weighted by molar-refractivity contribution is -0.132. The number of H-pyrrole nitrogens is 3. The number of pyridine rings is 2. The number of imidazole rings is 1. The quantitative estimate of drug-likeness (QED) is 0.114. The first kappa shape index (κ1) is 34.5. The molecule has 5 N–H and O–H groups in total. The van der Waals surface area contributed by atoms with Crippen LogP contribution in [0.4, 0.5) is 11.4 Å². The van der Waals surface area contributed by atoms with Crippen molar-refractivity contribution in [2.75, 3.05) is 0 Å². The van der Waals surface area contributed by atoms with Gasteiger partial charge < -0.3 is 15.0 Å². The van der Waals surface area contributed by atoms with Crippen molar-refractivity contribution in [1.82, 2.24) is 30.6 Å². The van der Waals surface area contributed by atoms with Crippen molar-refractivity contribution < 1.29 is 19.2 Å². The number of carbonyl (C=O) groups excluding carboxylic acids is 4. The number of aromatic amines is 3. The smallest absolute Gasteiger partial charge is 0.257 e. The normalized spacial score (nSPS) is 18.9. The summed E-state index contributed by atoms with van der Waals surface area (Å²) in [5, 5.41) is 23.5. The van der Waals surface area contributed by atoms with Gasteiger partial charge in [0.2, 0.25) is 11.1 Å². The molecule has 0 aliphatic carbocycles. The molecule has 0 saturated carbocycles. The third-order valence-electron chi connectivity index (χ3n) is 9.46. The highest BCUT2D eigenvalue weighted by molar-refractivity contribution is 6.13. The molecule has 53 heavy (non-hydrogen) atoms. The number of benzene rings is 2. The van der Waals surface area contributed by atoms with E-state index in [-0.39, 0.29) is 28.7 Å². The van der Waals surface area contributed by atoms with Gasteiger partial charge in [0.05, 0.1) is 28.3 Å². The third kappa shape index (κ3) is 6.64. The summed E-state index contributed by atoms with van der Waals surface area (Å²) >= 11 is 0. The van der Waals surface area contributed by atoms with Gasteiger partial charge in [-0.15, -0.1) is 0 Å². The van der Waals surface area contributed by atoms with Gasteiger partial charge in [-0.05, 0) is 80.7 Å². The molecule has 0 saturated heterocycles. The summed E-state index contributed by atoms with van der Waals surface area (Å²) in [6.45, 7) is 6.83. The number of rotatable bonds is 8. The van der Waals surface area contributed by atoms with Crippen LogP contribution in [-0.4, -0.2) is 55.6 Å². The Hall–Kier alpha value is -6.97. The van der Waals surface area contributed by atoms with Gasteiger partial charge in [-0.3, -0.25) is 39.4 Å². The number of imide groups is 2. The first-order valence-corrected chi connectivity index (χ1v) is 16.6. The molecule has 0 spiro atoms. The van der Waals surface area contributed by atoms with Crippen LogP contribution in [-0.2, 0) is 19.2 Å². The highest BCUT2D eigenvalue weighted by Gasteiger charge is 2.40. The van der Waals surface area contributed by atoms with Crippen LogP contribution in [0.25, 0.3) is 21.8 Å². The lowest BCUT2D eigenvalue weighted by Gasteiger charge is -2.29. The molecule has 5 heterocycles. The Bertz CT molecular complexity index is 2630. The zero-order valence-electron chi connectivity index (χ0n) is 28.9. The van der Waals surface area contributed by atoms with Crippen LogP contribution in [0.2, 0.25) is 0 Å². The number of nitrogens with one attached hydrogen (secondary N) is 5. The fourth-order valence-electron chi connectivity index (χ4n) is 6.76. The van der Waals surface area contributed by atoms with Gasteiger partial charge >= 0.3 is 0 Å². The van der Waals surface area contributed by atoms with Crippen molar-refractivity contribution in [3.05, 3.63) is 121 Å². The lowest BCUT2D eigenvalue weighted by Crippen LogP contribution is -2.47. The molecule has 2 aliphatic heterocycles. The summed E-state index contributed by atoms with van der Waals surface area (Å²) in [6.07, 6.45) is 2.96. The predicted molar refractivity (Wildman–Crippen MR) is 193 cm³/mol. The van der Waals surface area contributed by atoms with Crippen molar-refractivity contribution in [1.29, 1.82) is 0 Å². The van der Waals surface area contributed by atoms with E-state index in [2.05, 4.69) is 51.0 Å². The van der Waals surface area contributed by atoms with E-state index >= 15 is 0 Å². The second-order valence-corrected chi connectivity index (χ2v) is 13.0. The van der Waals surface area contributed by atoms with Crippen molar-refractivity contribution in [2.45, 2.75) is 52.1 Å². The molecule has 16 nitrogen and oxygen atoms in total. The fourth-order valence-corrected chi connectivity index (χ4v) is 6.76. The van der Waals surface area contributed by atoms with Crippen molar-refractivity contribution in [3.63, 3.8) is 0 Å². The van der Waals surface area contributed by atoms with E-state index < -0.39 is 41.6 Å². The largest absolute Gasteiger partial charge is 0.348 e. The highest BCUT2D eigenvalue weighted by Crippen LogP contribution is 2.37. The Kier molecular flexibility index (Phi) is 8.87. The van der Waals surface area contributed by atoms with Gasteiger partial charge in [-0.1, -0.05) is 12.1 Å². The van der Waals surface area contributed by atoms with Crippen molar-refractivity contribution >= 4 is 56.8 Å². The van der Waals surface area contributed by atoms with E-state index in [1.165, 1.54) is 18.3 Å². The minimum atomic E-state index is -1.20. The van der Waals surface area contributed by atoms with E-state index in [1.54, 1.807) is 56.4 Å². The van der Waals surface area contributed by atoms with Gasteiger partial charge in [-0.25, -0.2) is 4.98 Å². The van der Waals surface area contributed by atoms with Crippen LogP contribution in [0.5, 0.6) is 0 Å². The second-order valence-electron chi connectivity index (χ2n) is 13.0. The molecule has 5 aromatic rings. The first-order chi connectivity index (χ1) is 25.4. The zero-order chi connectivity index (χ0) is 37.6. The first-order valence-electron chi connectivity index (χ1n) is 16.6. The van der Waals surface area contributed by atoms with E-state index in [0.717, 1.165) is 21.9 Å². The molecule has 3 unspecified atom stereocenters. The molecule has 0 bridgehead atoms. The van der Waals surface area contributed by atoms with E-state index in [0.29, 0.717) is 39.4 Å². The summed E-state index contributed by atoms with van der Waals surface area (Å²) in [6, 6.07) is 10.9. The molecular formula is C37H32N10O6. The summed E-state index contributed by atoms with van der Waals surface area (Å²) in [5.74, 6) is -3.27. The fraction of sp³-hybridized carbons (Fsp3) is 0.216.